The smallest absolute Gasteiger partial charge is 0.225 e. The van der Waals surface area contributed by atoms with E-state index in [9.17, 15) is 0 Å². The van der Waals surface area contributed by atoms with Gasteiger partial charge in [0.2, 0.25) is 11.8 Å². The van der Waals surface area contributed by atoms with E-state index in [4.69, 9.17) is 9.15 Å². The van der Waals surface area contributed by atoms with Crippen LogP contribution in [0.4, 0.5) is 5.95 Å². The topological polar surface area (TPSA) is 64.3 Å². The number of anilines is 1. The first-order valence-corrected chi connectivity index (χ1v) is 7.57. The van der Waals surface area contributed by atoms with Gasteiger partial charge in [-0.05, 0) is 18.2 Å². The number of fused-ring (bicyclic) bond motifs is 1. The molecule has 23 heavy (non-hydrogen) atoms. The molecule has 0 N–H and O–H groups in total. The fraction of sp³-hybridized carbons (Fsp3) is 0.235. The third-order valence-corrected chi connectivity index (χ3v) is 3.68. The van der Waals surface area contributed by atoms with Crippen LogP contribution < -0.4 is 4.90 Å². The Balaban J connectivity index is 1.49. The maximum atomic E-state index is 5.65. The lowest BCUT2D eigenvalue weighted by Gasteiger charge is -2.26. The number of aromatic nitrogens is 3. The maximum Gasteiger partial charge on any atom is 0.225 e. The minimum absolute atomic E-state index is 0.573. The Labute approximate surface area is 133 Å². The average Bonchev–Trinajstić information content (AvgIpc) is 3.04. The van der Waals surface area contributed by atoms with E-state index in [1.54, 1.807) is 12.4 Å². The minimum Gasteiger partial charge on any atom is -0.437 e. The van der Waals surface area contributed by atoms with Crippen molar-refractivity contribution >= 4 is 29.2 Å². The maximum absolute atomic E-state index is 5.65. The van der Waals surface area contributed by atoms with Crippen LogP contribution in [-0.4, -0.2) is 41.3 Å². The molecule has 116 valence electrons. The van der Waals surface area contributed by atoms with E-state index in [-0.39, 0.29) is 0 Å². The molecule has 1 saturated heterocycles. The number of rotatable bonds is 3. The van der Waals surface area contributed by atoms with Crippen molar-refractivity contribution in [3.8, 4) is 0 Å². The van der Waals surface area contributed by atoms with Crippen LogP contribution in [0.25, 0.3) is 23.3 Å². The quantitative estimate of drug-likeness (QED) is 0.741. The van der Waals surface area contributed by atoms with Gasteiger partial charge in [0, 0.05) is 37.1 Å². The molecule has 0 saturated carbocycles. The van der Waals surface area contributed by atoms with E-state index in [2.05, 4.69) is 19.9 Å². The van der Waals surface area contributed by atoms with Gasteiger partial charge in [0.25, 0.3) is 0 Å². The van der Waals surface area contributed by atoms with Gasteiger partial charge in [-0.1, -0.05) is 12.1 Å². The van der Waals surface area contributed by atoms with E-state index in [0.29, 0.717) is 5.89 Å². The van der Waals surface area contributed by atoms with E-state index < -0.39 is 0 Å². The molecule has 1 aromatic carbocycles. The van der Waals surface area contributed by atoms with Gasteiger partial charge in [0.15, 0.2) is 5.58 Å². The molecule has 1 aliphatic rings. The number of para-hydroxylation sites is 2. The fourth-order valence-electron chi connectivity index (χ4n) is 2.47. The van der Waals surface area contributed by atoms with E-state index in [0.717, 1.165) is 48.9 Å². The van der Waals surface area contributed by atoms with Crippen LogP contribution in [-0.2, 0) is 4.74 Å². The molecule has 0 atom stereocenters. The number of oxazole rings is 1. The molecule has 6 nitrogen and oxygen atoms in total. The van der Waals surface area contributed by atoms with E-state index >= 15 is 0 Å². The van der Waals surface area contributed by atoms with Gasteiger partial charge in [-0.2, -0.15) is 0 Å². The van der Waals surface area contributed by atoms with Gasteiger partial charge >= 0.3 is 0 Å². The molecule has 0 aliphatic carbocycles. The Kier molecular flexibility index (Phi) is 3.73. The van der Waals surface area contributed by atoms with Gasteiger partial charge in [0.05, 0.1) is 13.2 Å². The Hall–Kier alpha value is -2.73. The van der Waals surface area contributed by atoms with Gasteiger partial charge in [-0.3, -0.25) is 0 Å². The second-order valence-electron chi connectivity index (χ2n) is 5.27. The summed E-state index contributed by atoms with van der Waals surface area (Å²) in [5.74, 6) is 1.32. The molecule has 1 fully saturated rings. The molecule has 0 bridgehead atoms. The van der Waals surface area contributed by atoms with E-state index in [1.165, 1.54) is 0 Å². The molecular formula is C17H16N4O2. The van der Waals surface area contributed by atoms with Crippen LogP contribution in [0.2, 0.25) is 0 Å². The number of ether oxygens (including phenoxy) is 1. The Morgan fingerprint density at radius 3 is 2.57 bits per heavy atom. The fourth-order valence-corrected chi connectivity index (χ4v) is 2.47. The lowest BCUT2D eigenvalue weighted by molar-refractivity contribution is 0.122. The van der Waals surface area contributed by atoms with Crippen LogP contribution >= 0.6 is 0 Å². The van der Waals surface area contributed by atoms with Crippen LogP contribution in [0, 0.1) is 0 Å². The highest BCUT2D eigenvalue weighted by Crippen LogP contribution is 2.17. The summed E-state index contributed by atoms with van der Waals surface area (Å²) in [4.78, 5) is 15.4. The largest absolute Gasteiger partial charge is 0.437 e. The highest BCUT2D eigenvalue weighted by atomic mass is 16.5. The molecule has 0 amide bonds. The predicted octanol–water partition coefficient (Wildman–Crippen LogP) is 2.62. The van der Waals surface area contributed by atoms with Crippen LogP contribution in [0.3, 0.4) is 0 Å². The molecule has 0 spiro atoms. The van der Waals surface area contributed by atoms with Gasteiger partial charge in [-0.25, -0.2) is 15.0 Å². The monoisotopic (exact) mass is 308 g/mol. The minimum atomic E-state index is 0.573. The zero-order chi connectivity index (χ0) is 15.5. The third kappa shape index (κ3) is 3.07. The normalized spacial score (nSPS) is 15.6. The SMILES string of the molecule is C(=C\c1nc2ccccc2o1)/c1cnc(N2CCOCC2)nc1. The number of nitrogens with zero attached hydrogens (tertiary/aromatic N) is 4. The van der Waals surface area contributed by atoms with Crippen LogP contribution in [0.5, 0.6) is 0 Å². The van der Waals surface area contributed by atoms with Crippen LogP contribution in [0.15, 0.2) is 41.1 Å². The molecule has 0 unspecified atom stereocenters. The summed E-state index contributed by atoms with van der Waals surface area (Å²) in [6.45, 7) is 3.11. The average molecular weight is 308 g/mol. The second-order valence-corrected chi connectivity index (χ2v) is 5.27. The van der Waals surface area contributed by atoms with E-state index in [1.807, 2.05) is 36.4 Å². The number of benzene rings is 1. The third-order valence-electron chi connectivity index (χ3n) is 3.68. The molecule has 6 heteroatoms. The van der Waals surface area contributed by atoms with Crippen molar-refractivity contribution < 1.29 is 9.15 Å². The van der Waals surface area contributed by atoms with Crippen molar-refractivity contribution in [2.24, 2.45) is 0 Å². The summed E-state index contributed by atoms with van der Waals surface area (Å²) in [6, 6.07) is 7.70. The number of morpholine rings is 1. The summed E-state index contributed by atoms with van der Waals surface area (Å²) < 4.78 is 11.0. The van der Waals surface area contributed by atoms with Crippen molar-refractivity contribution in [3.05, 3.63) is 48.1 Å². The first kappa shape index (κ1) is 13.9. The lowest BCUT2D eigenvalue weighted by atomic mass is 10.3. The second kappa shape index (κ2) is 6.18. The summed E-state index contributed by atoms with van der Waals surface area (Å²) in [5, 5.41) is 0. The zero-order valence-corrected chi connectivity index (χ0v) is 12.6. The van der Waals surface area contributed by atoms with Crippen molar-refractivity contribution in [2.75, 3.05) is 31.2 Å². The summed E-state index contributed by atoms with van der Waals surface area (Å²) >= 11 is 0. The van der Waals surface area contributed by atoms with Crippen molar-refractivity contribution in [1.29, 1.82) is 0 Å². The molecule has 3 heterocycles. The Morgan fingerprint density at radius 2 is 1.78 bits per heavy atom. The van der Waals surface area contributed by atoms with Crippen molar-refractivity contribution in [2.45, 2.75) is 0 Å². The Morgan fingerprint density at radius 1 is 1.00 bits per heavy atom. The Bertz CT molecular complexity index is 787. The molecular weight excluding hydrogens is 292 g/mol. The zero-order valence-electron chi connectivity index (χ0n) is 12.6. The summed E-state index contributed by atoms with van der Waals surface area (Å²) in [6.07, 6.45) is 7.33. The molecule has 3 aromatic rings. The van der Waals surface area contributed by atoms with Gasteiger partial charge < -0.3 is 14.1 Å². The molecule has 0 radical (unpaired) electrons. The molecule has 1 aliphatic heterocycles. The molecule has 4 rings (SSSR count). The van der Waals surface area contributed by atoms with Gasteiger partial charge in [0.1, 0.15) is 5.52 Å². The highest BCUT2D eigenvalue weighted by molar-refractivity contribution is 5.75. The lowest BCUT2D eigenvalue weighted by Crippen LogP contribution is -2.37. The first-order chi connectivity index (χ1) is 11.4. The van der Waals surface area contributed by atoms with Crippen LogP contribution in [0.1, 0.15) is 11.5 Å². The molecule has 2 aromatic heterocycles. The van der Waals surface area contributed by atoms with Crippen molar-refractivity contribution in [1.82, 2.24) is 15.0 Å². The summed E-state index contributed by atoms with van der Waals surface area (Å²) in [5.41, 5.74) is 2.54. The standard InChI is InChI=1S/C17H16N4O2/c1-2-4-15-14(3-1)20-16(23-15)6-5-13-11-18-17(19-12-13)21-7-9-22-10-8-21/h1-6,11-12H,7-10H2/b6-5+. The predicted molar refractivity (Wildman–Crippen MR) is 88.0 cm³/mol. The highest BCUT2D eigenvalue weighted by Gasteiger charge is 2.12. The first-order valence-electron chi connectivity index (χ1n) is 7.57. The number of hydrogen-bond acceptors (Lipinski definition) is 6. The van der Waals surface area contributed by atoms with Crippen molar-refractivity contribution in [3.63, 3.8) is 0 Å². The van der Waals surface area contributed by atoms with Gasteiger partial charge in [-0.15, -0.1) is 0 Å². The number of hydrogen-bond donors (Lipinski definition) is 0. The summed E-state index contributed by atoms with van der Waals surface area (Å²) in [7, 11) is 0.